The van der Waals surface area contributed by atoms with Gasteiger partial charge in [-0.1, -0.05) is 25.0 Å². The Morgan fingerprint density at radius 3 is 2.39 bits per heavy atom. The first-order chi connectivity index (χ1) is 13.6. The highest BCUT2D eigenvalue weighted by Gasteiger charge is 2.04. The van der Waals surface area contributed by atoms with E-state index in [0.29, 0.717) is 5.96 Å². The van der Waals surface area contributed by atoms with E-state index in [2.05, 4.69) is 34.0 Å². The van der Waals surface area contributed by atoms with Crippen LogP contribution in [0.1, 0.15) is 31.2 Å². The first-order valence-corrected chi connectivity index (χ1v) is 11.3. The maximum absolute atomic E-state index is 11.8. The van der Waals surface area contributed by atoms with Crippen LogP contribution in [-0.4, -0.2) is 69.6 Å². The number of methoxy groups -OCH3 is 1. The fourth-order valence-corrected chi connectivity index (χ4v) is 3.00. The Bertz CT molecular complexity index is 576. The molecule has 0 radical (unpaired) electrons. The lowest BCUT2D eigenvalue weighted by Crippen LogP contribution is -2.40. The van der Waals surface area contributed by atoms with Crippen molar-refractivity contribution in [1.29, 1.82) is 0 Å². The van der Waals surface area contributed by atoms with E-state index in [1.807, 2.05) is 23.9 Å². The van der Waals surface area contributed by atoms with Gasteiger partial charge in [-0.15, -0.1) is 0 Å². The summed E-state index contributed by atoms with van der Waals surface area (Å²) in [5.74, 6) is 2.79. The van der Waals surface area contributed by atoms with Gasteiger partial charge in [-0.2, -0.15) is 11.8 Å². The van der Waals surface area contributed by atoms with Crippen LogP contribution in [0.25, 0.3) is 0 Å². The van der Waals surface area contributed by atoms with Gasteiger partial charge in [0.2, 0.25) is 5.91 Å². The molecule has 1 aromatic carbocycles. The molecule has 1 rings (SSSR count). The molecule has 0 aliphatic rings. The number of ether oxygens (including phenoxy) is 1. The Balaban J connectivity index is 2.42. The monoisotopic (exact) mass is 408 g/mol. The molecule has 0 bridgehead atoms. The largest absolute Gasteiger partial charge is 0.497 e. The summed E-state index contributed by atoms with van der Waals surface area (Å²) < 4.78 is 5.19. The summed E-state index contributed by atoms with van der Waals surface area (Å²) in [6.45, 7) is 1.77. The van der Waals surface area contributed by atoms with Gasteiger partial charge in [0.25, 0.3) is 0 Å². The summed E-state index contributed by atoms with van der Waals surface area (Å²) >= 11 is 1.90. The highest BCUT2D eigenvalue weighted by atomic mass is 32.2. The SMILES string of the molecule is COc1ccc(CCNC(=NCC(=O)N(C)C)NCCCCCCSC)cc1. The third-order valence-electron chi connectivity index (χ3n) is 4.30. The van der Waals surface area contributed by atoms with Gasteiger partial charge in [0.15, 0.2) is 5.96 Å². The van der Waals surface area contributed by atoms with E-state index < -0.39 is 0 Å². The molecule has 0 heterocycles. The topological polar surface area (TPSA) is 66.0 Å². The number of benzene rings is 1. The summed E-state index contributed by atoms with van der Waals surface area (Å²) in [7, 11) is 5.16. The molecular weight excluding hydrogens is 372 g/mol. The molecule has 28 heavy (non-hydrogen) atoms. The number of amides is 1. The molecule has 1 amide bonds. The summed E-state index contributed by atoms with van der Waals surface area (Å²) in [5.41, 5.74) is 1.23. The molecule has 0 aromatic heterocycles. The minimum Gasteiger partial charge on any atom is -0.497 e. The van der Waals surface area contributed by atoms with Crippen molar-refractivity contribution in [2.24, 2.45) is 4.99 Å². The number of aliphatic imine (C=N–C) groups is 1. The van der Waals surface area contributed by atoms with Gasteiger partial charge in [-0.25, -0.2) is 4.99 Å². The lowest BCUT2D eigenvalue weighted by atomic mass is 10.1. The highest BCUT2D eigenvalue weighted by Crippen LogP contribution is 2.11. The van der Waals surface area contributed by atoms with Gasteiger partial charge in [0.05, 0.1) is 7.11 Å². The molecule has 0 saturated carbocycles. The molecule has 0 aliphatic heterocycles. The molecule has 2 N–H and O–H groups in total. The molecule has 0 atom stereocenters. The van der Waals surface area contributed by atoms with E-state index in [9.17, 15) is 4.79 Å². The van der Waals surface area contributed by atoms with Crippen molar-refractivity contribution >= 4 is 23.6 Å². The fraction of sp³-hybridized carbons (Fsp3) is 0.619. The predicted molar refractivity (Wildman–Crippen MR) is 121 cm³/mol. The molecular formula is C21H36N4O2S. The zero-order chi connectivity index (χ0) is 20.6. The van der Waals surface area contributed by atoms with Crippen LogP contribution < -0.4 is 15.4 Å². The Morgan fingerprint density at radius 2 is 1.75 bits per heavy atom. The number of rotatable bonds is 13. The summed E-state index contributed by atoms with van der Waals surface area (Å²) in [6.07, 6.45) is 7.88. The summed E-state index contributed by atoms with van der Waals surface area (Å²) in [4.78, 5) is 17.8. The number of carbonyl (C=O) groups is 1. The lowest BCUT2D eigenvalue weighted by molar-refractivity contribution is -0.127. The van der Waals surface area contributed by atoms with E-state index in [1.165, 1.54) is 30.6 Å². The molecule has 0 unspecified atom stereocenters. The van der Waals surface area contributed by atoms with E-state index in [-0.39, 0.29) is 12.5 Å². The van der Waals surface area contributed by atoms with Crippen LogP contribution in [0.4, 0.5) is 0 Å². The second-order valence-electron chi connectivity index (χ2n) is 6.81. The molecule has 6 nitrogen and oxygen atoms in total. The van der Waals surface area contributed by atoms with E-state index >= 15 is 0 Å². The molecule has 7 heteroatoms. The van der Waals surface area contributed by atoms with Crippen molar-refractivity contribution in [2.75, 3.05) is 52.8 Å². The fourth-order valence-electron chi connectivity index (χ4n) is 2.51. The zero-order valence-corrected chi connectivity index (χ0v) is 18.6. The maximum Gasteiger partial charge on any atom is 0.243 e. The summed E-state index contributed by atoms with van der Waals surface area (Å²) in [6, 6.07) is 8.06. The number of likely N-dealkylation sites (N-methyl/N-ethyl adjacent to an activating group) is 1. The van der Waals surface area contributed by atoms with Crippen molar-refractivity contribution in [3.63, 3.8) is 0 Å². The quantitative estimate of drug-likeness (QED) is 0.298. The van der Waals surface area contributed by atoms with Crippen LogP contribution in [-0.2, 0) is 11.2 Å². The van der Waals surface area contributed by atoms with Crippen LogP contribution in [0.2, 0.25) is 0 Å². The predicted octanol–water partition coefficient (Wildman–Crippen LogP) is 2.78. The van der Waals surface area contributed by atoms with Gasteiger partial charge < -0.3 is 20.3 Å². The Kier molecular flexibility index (Phi) is 13.0. The van der Waals surface area contributed by atoms with Crippen LogP contribution in [0.3, 0.4) is 0 Å². The third-order valence-corrected chi connectivity index (χ3v) is 5.00. The van der Waals surface area contributed by atoms with Gasteiger partial charge in [0, 0.05) is 27.2 Å². The normalized spacial score (nSPS) is 11.2. The smallest absolute Gasteiger partial charge is 0.243 e. The first-order valence-electron chi connectivity index (χ1n) is 9.91. The molecule has 0 fully saturated rings. The number of carbonyl (C=O) groups excluding carboxylic acids is 1. The van der Waals surface area contributed by atoms with Crippen LogP contribution in [0.15, 0.2) is 29.3 Å². The average molecular weight is 409 g/mol. The number of nitrogens with zero attached hydrogens (tertiary/aromatic N) is 2. The van der Waals surface area contributed by atoms with Crippen LogP contribution in [0.5, 0.6) is 5.75 Å². The molecule has 158 valence electrons. The lowest BCUT2D eigenvalue weighted by Gasteiger charge is -2.14. The number of nitrogens with one attached hydrogen (secondary N) is 2. The number of unbranched alkanes of at least 4 members (excludes halogenated alkanes) is 3. The number of hydrogen-bond donors (Lipinski definition) is 2. The molecule has 0 saturated heterocycles. The maximum atomic E-state index is 11.8. The van der Waals surface area contributed by atoms with E-state index in [0.717, 1.165) is 31.7 Å². The zero-order valence-electron chi connectivity index (χ0n) is 17.8. The average Bonchev–Trinajstić information content (AvgIpc) is 2.70. The van der Waals surface area contributed by atoms with Crippen LogP contribution >= 0.6 is 11.8 Å². The van der Waals surface area contributed by atoms with Crippen LogP contribution in [0, 0.1) is 0 Å². The minimum absolute atomic E-state index is 0.00619. The van der Waals surface area contributed by atoms with E-state index in [1.54, 1.807) is 26.1 Å². The number of guanidine groups is 1. The Hall–Kier alpha value is -1.89. The van der Waals surface area contributed by atoms with Crippen molar-refractivity contribution in [1.82, 2.24) is 15.5 Å². The van der Waals surface area contributed by atoms with Crippen molar-refractivity contribution in [3.05, 3.63) is 29.8 Å². The van der Waals surface area contributed by atoms with Crippen molar-refractivity contribution in [2.45, 2.75) is 32.1 Å². The van der Waals surface area contributed by atoms with Gasteiger partial charge >= 0.3 is 0 Å². The van der Waals surface area contributed by atoms with E-state index in [4.69, 9.17) is 4.74 Å². The van der Waals surface area contributed by atoms with Gasteiger partial charge in [-0.3, -0.25) is 4.79 Å². The first kappa shape index (κ1) is 24.1. The van der Waals surface area contributed by atoms with Crippen molar-refractivity contribution < 1.29 is 9.53 Å². The van der Waals surface area contributed by atoms with Gasteiger partial charge in [0.1, 0.15) is 12.3 Å². The summed E-state index contributed by atoms with van der Waals surface area (Å²) in [5, 5.41) is 6.69. The Labute approximate surface area is 174 Å². The van der Waals surface area contributed by atoms with Gasteiger partial charge in [-0.05, 0) is 49.0 Å². The standard InChI is InChI=1S/C21H36N4O2S/c1-25(2)20(26)17-24-21(22-14-7-5-6-8-16-28-4)23-15-13-18-9-11-19(27-3)12-10-18/h9-12H,5-8,13-17H2,1-4H3,(H2,22,23,24). The second kappa shape index (κ2) is 15.1. The second-order valence-corrected chi connectivity index (χ2v) is 7.80. The minimum atomic E-state index is -0.00619. The molecule has 0 spiro atoms. The third kappa shape index (κ3) is 11.1. The van der Waals surface area contributed by atoms with Crippen molar-refractivity contribution in [3.8, 4) is 5.75 Å². The highest BCUT2D eigenvalue weighted by molar-refractivity contribution is 7.98. The number of hydrogen-bond acceptors (Lipinski definition) is 4. The molecule has 1 aromatic rings. The molecule has 0 aliphatic carbocycles. The number of thioether (sulfide) groups is 1. The Morgan fingerprint density at radius 1 is 1.07 bits per heavy atom.